The molecule has 4 nitrogen and oxygen atoms in total. The van der Waals surface area contributed by atoms with Crippen LogP contribution < -0.4 is 5.32 Å². The molecule has 1 heterocycles. The fourth-order valence-corrected chi connectivity index (χ4v) is 3.37. The summed E-state index contributed by atoms with van der Waals surface area (Å²) in [6.07, 6.45) is 8.57. The molecule has 19 heavy (non-hydrogen) atoms. The second kappa shape index (κ2) is 6.71. The number of amides is 1. The highest BCUT2D eigenvalue weighted by Gasteiger charge is 2.39. The van der Waals surface area contributed by atoms with E-state index in [0.717, 1.165) is 45.3 Å². The van der Waals surface area contributed by atoms with Crippen LogP contribution >= 0.6 is 0 Å². The van der Waals surface area contributed by atoms with Crippen molar-refractivity contribution in [3.8, 4) is 0 Å². The average molecular weight is 268 g/mol. The molecule has 2 aliphatic rings. The van der Waals surface area contributed by atoms with Gasteiger partial charge >= 0.3 is 0 Å². The second-order valence-electron chi connectivity index (χ2n) is 6.34. The van der Waals surface area contributed by atoms with E-state index in [-0.39, 0.29) is 5.91 Å². The standard InChI is InChI=1S/C15H28N2O2/c1-2-9-15(19)11-17(12-15)10-8-14(18)16-13-6-4-3-5-7-13/h13,19H,2-12H2,1H3,(H,16,18). The lowest BCUT2D eigenvalue weighted by Crippen LogP contribution is -2.61. The molecule has 0 bridgehead atoms. The third kappa shape index (κ3) is 4.46. The minimum Gasteiger partial charge on any atom is -0.387 e. The van der Waals surface area contributed by atoms with E-state index in [4.69, 9.17) is 0 Å². The summed E-state index contributed by atoms with van der Waals surface area (Å²) < 4.78 is 0. The van der Waals surface area contributed by atoms with Crippen LogP contribution in [0.15, 0.2) is 0 Å². The minimum absolute atomic E-state index is 0.179. The van der Waals surface area contributed by atoms with Crippen molar-refractivity contribution < 1.29 is 9.90 Å². The Balaban J connectivity index is 1.57. The van der Waals surface area contributed by atoms with E-state index < -0.39 is 5.60 Å². The van der Waals surface area contributed by atoms with Gasteiger partial charge in [-0.2, -0.15) is 0 Å². The van der Waals surface area contributed by atoms with E-state index in [1.54, 1.807) is 0 Å². The topological polar surface area (TPSA) is 52.6 Å². The molecule has 2 fully saturated rings. The second-order valence-corrected chi connectivity index (χ2v) is 6.34. The monoisotopic (exact) mass is 268 g/mol. The molecule has 0 radical (unpaired) electrons. The number of carbonyl (C=O) groups is 1. The van der Waals surface area contributed by atoms with Gasteiger partial charge in [0.25, 0.3) is 0 Å². The van der Waals surface area contributed by atoms with Gasteiger partial charge in [0.2, 0.25) is 5.91 Å². The van der Waals surface area contributed by atoms with Crippen molar-refractivity contribution in [1.29, 1.82) is 0 Å². The van der Waals surface area contributed by atoms with Gasteiger partial charge in [0.1, 0.15) is 0 Å². The Morgan fingerprint density at radius 2 is 2.00 bits per heavy atom. The minimum atomic E-state index is -0.478. The zero-order chi connectivity index (χ0) is 13.7. The van der Waals surface area contributed by atoms with Crippen molar-refractivity contribution in [3.63, 3.8) is 0 Å². The summed E-state index contributed by atoms with van der Waals surface area (Å²) in [7, 11) is 0. The largest absolute Gasteiger partial charge is 0.387 e. The predicted octanol–water partition coefficient (Wildman–Crippen LogP) is 1.67. The number of nitrogens with zero attached hydrogens (tertiary/aromatic N) is 1. The SMILES string of the molecule is CCCC1(O)CN(CCC(=O)NC2CCCCC2)C1. The molecule has 0 aromatic rings. The van der Waals surface area contributed by atoms with Crippen LogP contribution in [-0.4, -0.2) is 47.2 Å². The highest BCUT2D eigenvalue weighted by Crippen LogP contribution is 2.25. The molecule has 2 rings (SSSR count). The number of nitrogens with one attached hydrogen (secondary N) is 1. The van der Waals surface area contributed by atoms with E-state index in [2.05, 4.69) is 17.1 Å². The Morgan fingerprint density at radius 1 is 1.32 bits per heavy atom. The maximum Gasteiger partial charge on any atom is 0.221 e. The van der Waals surface area contributed by atoms with Crippen molar-refractivity contribution in [2.45, 2.75) is 69.9 Å². The van der Waals surface area contributed by atoms with E-state index in [9.17, 15) is 9.90 Å². The van der Waals surface area contributed by atoms with E-state index in [1.165, 1.54) is 19.3 Å². The lowest BCUT2D eigenvalue weighted by molar-refractivity contribution is -0.126. The predicted molar refractivity (Wildman–Crippen MR) is 75.9 cm³/mol. The lowest BCUT2D eigenvalue weighted by Gasteiger charge is -2.46. The van der Waals surface area contributed by atoms with Crippen LogP contribution in [0.5, 0.6) is 0 Å². The molecule has 1 aliphatic heterocycles. The fourth-order valence-electron chi connectivity index (χ4n) is 3.37. The quantitative estimate of drug-likeness (QED) is 0.770. The first-order valence-corrected chi connectivity index (χ1v) is 7.85. The molecule has 1 aliphatic carbocycles. The summed E-state index contributed by atoms with van der Waals surface area (Å²) in [5.41, 5.74) is -0.478. The zero-order valence-electron chi connectivity index (χ0n) is 12.2. The molecule has 0 unspecified atom stereocenters. The van der Waals surface area contributed by atoms with Crippen LogP contribution in [0, 0.1) is 0 Å². The van der Waals surface area contributed by atoms with Gasteiger partial charge in [-0.05, 0) is 19.3 Å². The molecular weight excluding hydrogens is 240 g/mol. The maximum absolute atomic E-state index is 11.8. The van der Waals surface area contributed by atoms with E-state index in [0.29, 0.717) is 12.5 Å². The van der Waals surface area contributed by atoms with Crippen LogP contribution in [0.25, 0.3) is 0 Å². The van der Waals surface area contributed by atoms with Crippen molar-refractivity contribution in [1.82, 2.24) is 10.2 Å². The van der Waals surface area contributed by atoms with Crippen LogP contribution in [0.3, 0.4) is 0 Å². The van der Waals surface area contributed by atoms with Crippen LogP contribution in [0.4, 0.5) is 0 Å². The van der Waals surface area contributed by atoms with Crippen LogP contribution in [-0.2, 0) is 4.79 Å². The van der Waals surface area contributed by atoms with Gasteiger partial charge in [0, 0.05) is 32.1 Å². The number of carbonyl (C=O) groups excluding carboxylic acids is 1. The van der Waals surface area contributed by atoms with Crippen molar-refractivity contribution in [2.75, 3.05) is 19.6 Å². The Bertz CT molecular complexity index is 295. The summed E-state index contributed by atoms with van der Waals surface area (Å²) in [4.78, 5) is 14.0. The highest BCUT2D eigenvalue weighted by atomic mass is 16.3. The number of hydrogen-bond acceptors (Lipinski definition) is 3. The smallest absolute Gasteiger partial charge is 0.221 e. The van der Waals surface area contributed by atoms with Gasteiger partial charge < -0.3 is 10.4 Å². The van der Waals surface area contributed by atoms with Crippen molar-refractivity contribution >= 4 is 5.91 Å². The molecule has 4 heteroatoms. The fraction of sp³-hybridized carbons (Fsp3) is 0.933. The summed E-state index contributed by atoms with van der Waals surface area (Å²) in [6, 6.07) is 0.412. The van der Waals surface area contributed by atoms with E-state index in [1.807, 2.05) is 0 Å². The maximum atomic E-state index is 11.8. The zero-order valence-corrected chi connectivity index (χ0v) is 12.2. The number of aliphatic hydroxyl groups is 1. The summed E-state index contributed by atoms with van der Waals surface area (Å²) in [5.74, 6) is 0.179. The molecule has 1 amide bonds. The van der Waals surface area contributed by atoms with Crippen molar-refractivity contribution in [3.05, 3.63) is 0 Å². The van der Waals surface area contributed by atoms with Crippen molar-refractivity contribution in [2.24, 2.45) is 0 Å². The molecule has 1 saturated carbocycles. The first kappa shape index (κ1) is 14.8. The van der Waals surface area contributed by atoms with Gasteiger partial charge in [0.15, 0.2) is 0 Å². The first-order chi connectivity index (χ1) is 9.11. The summed E-state index contributed by atoms with van der Waals surface area (Å²) in [5, 5.41) is 13.2. The third-order valence-corrected chi connectivity index (χ3v) is 4.38. The first-order valence-electron chi connectivity index (χ1n) is 7.85. The Labute approximate surface area is 116 Å². The highest BCUT2D eigenvalue weighted by molar-refractivity contribution is 5.76. The molecule has 110 valence electrons. The normalized spacial score (nSPS) is 23.9. The Kier molecular flexibility index (Phi) is 5.22. The molecule has 1 saturated heterocycles. The van der Waals surface area contributed by atoms with Gasteiger partial charge in [0.05, 0.1) is 5.60 Å². The van der Waals surface area contributed by atoms with E-state index >= 15 is 0 Å². The molecule has 0 spiro atoms. The third-order valence-electron chi connectivity index (χ3n) is 4.38. The Hall–Kier alpha value is -0.610. The summed E-state index contributed by atoms with van der Waals surface area (Å²) >= 11 is 0. The van der Waals surface area contributed by atoms with Gasteiger partial charge in [-0.3, -0.25) is 9.69 Å². The van der Waals surface area contributed by atoms with Gasteiger partial charge in [-0.25, -0.2) is 0 Å². The molecule has 0 aromatic carbocycles. The van der Waals surface area contributed by atoms with Gasteiger partial charge in [-0.1, -0.05) is 32.6 Å². The molecule has 0 atom stereocenters. The lowest BCUT2D eigenvalue weighted by atomic mass is 9.89. The number of rotatable bonds is 6. The number of likely N-dealkylation sites (tertiary alicyclic amines) is 1. The van der Waals surface area contributed by atoms with Crippen LogP contribution in [0.2, 0.25) is 0 Å². The van der Waals surface area contributed by atoms with Gasteiger partial charge in [-0.15, -0.1) is 0 Å². The average Bonchev–Trinajstić information content (AvgIpc) is 2.35. The number of β-amino-alcohol motifs (C(OH)–C–C–N with tert-alkyl or cyclic N) is 1. The number of hydrogen-bond donors (Lipinski definition) is 2. The molecular formula is C15H28N2O2. The Morgan fingerprint density at radius 3 is 2.63 bits per heavy atom. The molecule has 0 aromatic heterocycles. The van der Waals surface area contributed by atoms with Crippen LogP contribution in [0.1, 0.15) is 58.3 Å². The molecule has 2 N–H and O–H groups in total. The summed E-state index contributed by atoms with van der Waals surface area (Å²) in [6.45, 7) is 4.35.